The van der Waals surface area contributed by atoms with Crippen LogP contribution in [-0.4, -0.2) is 16.1 Å². The smallest absolute Gasteiger partial charge is 0.285 e. The van der Waals surface area contributed by atoms with Crippen LogP contribution in [0.1, 0.15) is 5.56 Å². The number of hydrogen-bond donors (Lipinski definition) is 0. The lowest BCUT2D eigenvalue weighted by molar-refractivity contribution is -0.385. The van der Waals surface area contributed by atoms with Crippen molar-refractivity contribution in [2.45, 2.75) is 6.54 Å². The summed E-state index contributed by atoms with van der Waals surface area (Å²) >= 11 is 0. The van der Waals surface area contributed by atoms with Crippen molar-refractivity contribution in [3.63, 3.8) is 0 Å². The van der Waals surface area contributed by atoms with Gasteiger partial charge in [-0.15, -0.1) is 0 Å². The van der Waals surface area contributed by atoms with Crippen LogP contribution < -0.4 is 10.3 Å². The fourth-order valence-corrected chi connectivity index (χ4v) is 1.69. The third-order valence-electron chi connectivity index (χ3n) is 2.76. The van der Waals surface area contributed by atoms with Gasteiger partial charge in [0.25, 0.3) is 11.2 Å². The second kappa shape index (κ2) is 6.34. The average Bonchev–Trinajstić information content (AvgIpc) is 2.49. The zero-order chi connectivity index (χ0) is 15.2. The average molecular weight is 285 g/mol. The number of rotatable bonds is 5. The zero-order valence-corrected chi connectivity index (χ0v) is 10.9. The van der Waals surface area contributed by atoms with Crippen LogP contribution in [0.2, 0.25) is 0 Å². The third-order valence-corrected chi connectivity index (χ3v) is 2.76. The highest BCUT2D eigenvalue weighted by Crippen LogP contribution is 2.11. The van der Waals surface area contributed by atoms with E-state index in [4.69, 9.17) is 10.00 Å². The summed E-state index contributed by atoms with van der Waals surface area (Å²) in [4.78, 5) is 21.7. The quantitative estimate of drug-likeness (QED) is 0.615. The van der Waals surface area contributed by atoms with E-state index in [-0.39, 0.29) is 24.4 Å². The van der Waals surface area contributed by atoms with E-state index in [2.05, 4.69) is 0 Å². The van der Waals surface area contributed by atoms with Crippen LogP contribution in [0, 0.1) is 21.4 Å². The lowest BCUT2D eigenvalue weighted by Gasteiger charge is -2.08. The minimum Gasteiger partial charge on any atom is -0.492 e. The summed E-state index contributed by atoms with van der Waals surface area (Å²) in [5.74, 6) is 0.562. The van der Waals surface area contributed by atoms with Gasteiger partial charge in [0.2, 0.25) is 0 Å². The molecule has 1 aromatic carbocycles. The molecule has 106 valence electrons. The summed E-state index contributed by atoms with van der Waals surface area (Å²) in [5, 5.41) is 19.3. The van der Waals surface area contributed by atoms with Crippen LogP contribution in [0.25, 0.3) is 0 Å². The summed E-state index contributed by atoms with van der Waals surface area (Å²) in [6.45, 7) is 0.382. The van der Waals surface area contributed by atoms with Crippen molar-refractivity contribution in [2.75, 3.05) is 6.61 Å². The monoisotopic (exact) mass is 285 g/mol. The first-order valence-corrected chi connectivity index (χ1v) is 6.08. The molecule has 7 nitrogen and oxygen atoms in total. The molecule has 0 fully saturated rings. The van der Waals surface area contributed by atoms with E-state index in [1.54, 1.807) is 24.3 Å². The fourth-order valence-electron chi connectivity index (χ4n) is 1.69. The summed E-state index contributed by atoms with van der Waals surface area (Å²) in [5.41, 5.74) is 0.0502. The third kappa shape index (κ3) is 3.67. The van der Waals surface area contributed by atoms with E-state index in [1.165, 1.54) is 16.8 Å². The minimum absolute atomic E-state index is 0.145. The van der Waals surface area contributed by atoms with E-state index in [1.807, 2.05) is 6.07 Å². The SMILES string of the molecule is N#Cc1ccc(OCCn2cc([N+](=O)[O-])ccc2=O)cc1. The van der Waals surface area contributed by atoms with E-state index >= 15 is 0 Å². The Labute approximate surface area is 119 Å². The minimum atomic E-state index is -0.558. The van der Waals surface area contributed by atoms with Crippen molar-refractivity contribution >= 4 is 5.69 Å². The van der Waals surface area contributed by atoms with Gasteiger partial charge in [-0.2, -0.15) is 5.26 Å². The Balaban J connectivity index is 2.00. The predicted octanol–water partition coefficient (Wildman–Crippen LogP) is 1.71. The Morgan fingerprint density at radius 1 is 1.24 bits per heavy atom. The van der Waals surface area contributed by atoms with Gasteiger partial charge in [-0.05, 0) is 24.3 Å². The molecule has 0 saturated heterocycles. The molecular weight excluding hydrogens is 274 g/mol. The number of nitro groups is 1. The van der Waals surface area contributed by atoms with Gasteiger partial charge in [-0.25, -0.2) is 0 Å². The van der Waals surface area contributed by atoms with Crippen LogP contribution in [0.5, 0.6) is 5.75 Å². The zero-order valence-electron chi connectivity index (χ0n) is 10.9. The molecule has 0 unspecified atom stereocenters. The van der Waals surface area contributed by atoms with E-state index in [0.717, 1.165) is 6.07 Å². The molecule has 0 radical (unpaired) electrons. The maximum atomic E-state index is 11.6. The first-order chi connectivity index (χ1) is 10.1. The predicted molar refractivity (Wildman–Crippen MR) is 74.0 cm³/mol. The molecule has 0 aliphatic heterocycles. The molecule has 0 spiro atoms. The first-order valence-electron chi connectivity index (χ1n) is 6.08. The number of hydrogen-bond acceptors (Lipinski definition) is 5. The number of aromatic nitrogens is 1. The molecule has 0 atom stereocenters. The van der Waals surface area contributed by atoms with Crippen LogP contribution in [0.3, 0.4) is 0 Å². The number of benzene rings is 1. The summed E-state index contributed by atoms with van der Waals surface area (Å²) in [7, 11) is 0. The molecule has 0 bridgehead atoms. The Bertz CT molecular complexity index is 744. The lowest BCUT2D eigenvalue weighted by atomic mass is 10.2. The van der Waals surface area contributed by atoms with Crippen molar-refractivity contribution in [3.8, 4) is 11.8 Å². The van der Waals surface area contributed by atoms with Crippen LogP contribution in [0.15, 0.2) is 47.4 Å². The number of nitrogens with zero attached hydrogens (tertiary/aromatic N) is 3. The Morgan fingerprint density at radius 2 is 1.95 bits per heavy atom. The van der Waals surface area contributed by atoms with Gasteiger partial charge in [0.1, 0.15) is 12.4 Å². The Kier molecular flexibility index (Phi) is 4.31. The summed E-state index contributed by atoms with van der Waals surface area (Å²) < 4.78 is 6.65. The number of ether oxygens (including phenoxy) is 1. The largest absolute Gasteiger partial charge is 0.492 e. The second-order valence-corrected chi connectivity index (χ2v) is 4.16. The van der Waals surface area contributed by atoms with Crippen molar-refractivity contribution in [1.82, 2.24) is 4.57 Å². The molecule has 0 saturated carbocycles. The van der Waals surface area contributed by atoms with Gasteiger partial charge in [-0.1, -0.05) is 0 Å². The fraction of sp³-hybridized carbons (Fsp3) is 0.143. The van der Waals surface area contributed by atoms with Crippen LogP contribution in [0.4, 0.5) is 5.69 Å². The highest BCUT2D eigenvalue weighted by Gasteiger charge is 2.07. The van der Waals surface area contributed by atoms with Crippen molar-refractivity contribution in [2.24, 2.45) is 0 Å². The van der Waals surface area contributed by atoms with Gasteiger partial charge < -0.3 is 9.30 Å². The number of nitriles is 1. The lowest BCUT2D eigenvalue weighted by Crippen LogP contribution is -2.22. The van der Waals surface area contributed by atoms with Gasteiger partial charge in [0.05, 0.1) is 29.3 Å². The molecule has 7 heteroatoms. The highest BCUT2D eigenvalue weighted by molar-refractivity contribution is 5.34. The Morgan fingerprint density at radius 3 is 2.57 bits per heavy atom. The molecule has 0 aliphatic rings. The molecular formula is C14H11N3O4. The van der Waals surface area contributed by atoms with Gasteiger partial charge >= 0.3 is 0 Å². The number of pyridine rings is 1. The molecule has 2 aromatic rings. The maximum Gasteiger partial charge on any atom is 0.285 e. The van der Waals surface area contributed by atoms with Gasteiger partial charge in [0, 0.05) is 12.1 Å². The second-order valence-electron chi connectivity index (χ2n) is 4.16. The van der Waals surface area contributed by atoms with E-state index in [0.29, 0.717) is 11.3 Å². The standard InChI is InChI=1S/C14H11N3O4/c15-9-11-1-4-13(5-2-11)21-8-7-16-10-12(17(19)20)3-6-14(16)18/h1-6,10H,7-8H2. The maximum absolute atomic E-state index is 11.6. The van der Waals surface area contributed by atoms with Crippen molar-refractivity contribution in [3.05, 3.63) is 68.6 Å². The van der Waals surface area contributed by atoms with E-state index in [9.17, 15) is 14.9 Å². The highest BCUT2D eigenvalue weighted by atomic mass is 16.6. The normalized spacial score (nSPS) is 9.86. The molecule has 2 rings (SSSR count). The topological polar surface area (TPSA) is 98.2 Å². The molecule has 0 amide bonds. The van der Waals surface area contributed by atoms with Gasteiger partial charge in [-0.3, -0.25) is 14.9 Å². The van der Waals surface area contributed by atoms with Gasteiger partial charge in [0.15, 0.2) is 0 Å². The molecule has 1 aromatic heterocycles. The molecule has 21 heavy (non-hydrogen) atoms. The molecule has 0 N–H and O–H groups in total. The van der Waals surface area contributed by atoms with E-state index < -0.39 is 4.92 Å². The van der Waals surface area contributed by atoms with Crippen molar-refractivity contribution in [1.29, 1.82) is 5.26 Å². The Hall–Kier alpha value is -3.14. The summed E-state index contributed by atoms with van der Waals surface area (Å²) in [6, 6.07) is 10.9. The summed E-state index contributed by atoms with van der Waals surface area (Å²) in [6.07, 6.45) is 1.18. The van der Waals surface area contributed by atoms with Crippen molar-refractivity contribution < 1.29 is 9.66 Å². The molecule has 0 aliphatic carbocycles. The molecule has 1 heterocycles. The van der Waals surface area contributed by atoms with Crippen LogP contribution in [-0.2, 0) is 6.54 Å². The first kappa shape index (κ1) is 14.3. The van der Waals surface area contributed by atoms with Crippen LogP contribution >= 0.6 is 0 Å².